The smallest absolute Gasteiger partial charge is 0.295 e. The molecule has 182 valence electrons. The van der Waals surface area contributed by atoms with Gasteiger partial charge in [-0.1, -0.05) is 69.2 Å². The van der Waals surface area contributed by atoms with Gasteiger partial charge in [-0.2, -0.15) is 0 Å². The van der Waals surface area contributed by atoms with Crippen LogP contribution in [0.5, 0.6) is 5.75 Å². The Hall–Kier alpha value is -3.12. The summed E-state index contributed by atoms with van der Waals surface area (Å²) >= 11 is 0. The van der Waals surface area contributed by atoms with Crippen molar-refractivity contribution in [2.45, 2.75) is 52.0 Å². The zero-order valence-corrected chi connectivity index (χ0v) is 20.2. The minimum absolute atomic E-state index is 0.0933. The molecule has 1 fully saturated rings. The lowest BCUT2D eigenvalue weighted by molar-refractivity contribution is -0.140. The van der Waals surface area contributed by atoms with E-state index in [1.54, 1.807) is 41.3 Å². The van der Waals surface area contributed by atoms with Crippen LogP contribution in [0.1, 0.15) is 63.1 Å². The van der Waals surface area contributed by atoms with Gasteiger partial charge in [-0.15, -0.1) is 0 Å². The molecular weight excluding hydrogens is 428 g/mol. The Morgan fingerprint density at radius 1 is 0.882 bits per heavy atom. The van der Waals surface area contributed by atoms with E-state index in [1.807, 2.05) is 6.07 Å². The van der Waals surface area contributed by atoms with Crippen LogP contribution in [0.15, 0.2) is 60.2 Å². The van der Waals surface area contributed by atoms with E-state index in [0.717, 1.165) is 51.7 Å². The number of Topliss-reactive ketones (excluding diaryl/α,β-unsaturated/α-hetero) is 1. The van der Waals surface area contributed by atoms with Gasteiger partial charge in [0, 0.05) is 12.1 Å². The first kappa shape index (κ1) is 25.5. The van der Waals surface area contributed by atoms with Gasteiger partial charge in [0.25, 0.3) is 11.7 Å². The van der Waals surface area contributed by atoms with E-state index in [9.17, 15) is 19.8 Å². The van der Waals surface area contributed by atoms with E-state index in [0.29, 0.717) is 17.7 Å². The summed E-state index contributed by atoms with van der Waals surface area (Å²) < 4.78 is 0. The van der Waals surface area contributed by atoms with Crippen LogP contribution in [0.4, 0.5) is 0 Å². The standard InChI is InChI=1S/C28H36N2O4/c1-3-5-17-29(18-6-4-2)19-10-20-30-25(21-13-15-23(31)16-14-21)24(27(33)28(30)34)26(32)22-11-8-7-9-12-22/h7-9,11-16,25,31-32H,3-6,10,17-20H2,1-2H3. The molecule has 0 bridgehead atoms. The van der Waals surface area contributed by atoms with Gasteiger partial charge in [0.1, 0.15) is 11.5 Å². The predicted molar refractivity (Wildman–Crippen MR) is 134 cm³/mol. The second-order valence-corrected chi connectivity index (χ2v) is 8.85. The summed E-state index contributed by atoms with van der Waals surface area (Å²) in [4.78, 5) is 30.2. The normalized spacial score (nSPS) is 17.6. The number of phenols is 1. The minimum atomic E-state index is -0.694. The zero-order valence-electron chi connectivity index (χ0n) is 20.2. The van der Waals surface area contributed by atoms with E-state index < -0.39 is 17.7 Å². The first-order valence-electron chi connectivity index (χ1n) is 12.3. The van der Waals surface area contributed by atoms with Crippen molar-refractivity contribution < 1.29 is 19.8 Å². The maximum atomic E-state index is 13.1. The number of phenolic OH excluding ortho intramolecular Hbond substituents is 1. The van der Waals surface area contributed by atoms with Crippen molar-refractivity contribution in [2.24, 2.45) is 0 Å². The number of aliphatic hydroxyl groups excluding tert-OH is 1. The topological polar surface area (TPSA) is 81.1 Å². The van der Waals surface area contributed by atoms with Crippen molar-refractivity contribution in [2.75, 3.05) is 26.2 Å². The van der Waals surface area contributed by atoms with Crippen LogP contribution in [0.25, 0.3) is 5.76 Å². The molecule has 0 spiro atoms. The highest BCUT2D eigenvalue weighted by atomic mass is 16.3. The van der Waals surface area contributed by atoms with Gasteiger partial charge in [-0.25, -0.2) is 0 Å². The molecule has 2 N–H and O–H groups in total. The Balaban J connectivity index is 1.88. The molecule has 0 aromatic heterocycles. The van der Waals surface area contributed by atoms with Gasteiger partial charge in [0.2, 0.25) is 0 Å². The van der Waals surface area contributed by atoms with E-state index in [1.165, 1.54) is 12.1 Å². The molecule has 0 aliphatic carbocycles. The fourth-order valence-electron chi connectivity index (χ4n) is 4.43. The first-order chi connectivity index (χ1) is 16.5. The van der Waals surface area contributed by atoms with Crippen LogP contribution in [0, 0.1) is 0 Å². The van der Waals surface area contributed by atoms with Crippen LogP contribution in [0.2, 0.25) is 0 Å². The van der Waals surface area contributed by atoms with Gasteiger partial charge in [0.05, 0.1) is 11.6 Å². The largest absolute Gasteiger partial charge is 0.508 e. The lowest BCUT2D eigenvalue weighted by Crippen LogP contribution is -2.34. The summed E-state index contributed by atoms with van der Waals surface area (Å²) in [6.07, 6.45) is 5.28. The summed E-state index contributed by atoms with van der Waals surface area (Å²) in [5.74, 6) is -1.34. The Kier molecular flexibility index (Phi) is 9.28. The van der Waals surface area contributed by atoms with Crippen molar-refractivity contribution in [1.29, 1.82) is 0 Å². The molecule has 34 heavy (non-hydrogen) atoms. The molecule has 1 heterocycles. The van der Waals surface area contributed by atoms with Crippen LogP contribution < -0.4 is 0 Å². The Labute approximate surface area is 202 Å². The molecule has 0 radical (unpaired) electrons. The van der Waals surface area contributed by atoms with E-state index in [4.69, 9.17) is 0 Å². The van der Waals surface area contributed by atoms with Crippen LogP contribution in [0.3, 0.4) is 0 Å². The third kappa shape index (κ3) is 6.06. The van der Waals surface area contributed by atoms with Gasteiger partial charge >= 0.3 is 0 Å². The van der Waals surface area contributed by atoms with E-state index >= 15 is 0 Å². The van der Waals surface area contributed by atoms with Crippen molar-refractivity contribution >= 4 is 17.4 Å². The number of carbonyl (C=O) groups excluding carboxylic acids is 2. The highest BCUT2D eigenvalue weighted by Gasteiger charge is 2.45. The van der Waals surface area contributed by atoms with Gasteiger partial charge in [-0.05, 0) is 56.6 Å². The highest BCUT2D eigenvalue weighted by Crippen LogP contribution is 2.39. The number of aliphatic hydroxyl groups is 1. The Morgan fingerprint density at radius 3 is 2.06 bits per heavy atom. The molecule has 2 aromatic carbocycles. The first-order valence-corrected chi connectivity index (χ1v) is 12.3. The number of amides is 1. The van der Waals surface area contributed by atoms with Crippen molar-refractivity contribution in [3.8, 4) is 5.75 Å². The van der Waals surface area contributed by atoms with Crippen molar-refractivity contribution in [1.82, 2.24) is 9.80 Å². The monoisotopic (exact) mass is 464 g/mol. The summed E-state index contributed by atoms with van der Waals surface area (Å²) in [6.45, 7) is 7.69. The van der Waals surface area contributed by atoms with Crippen molar-refractivity contribution in [3.63, 3.8) is 0 Å². The van der Waals surface area contributed by atoms with Gasteiger partial charge < -0.3 is 20.0 Å². The number of aromatic hydroxyl groups is 1. The molecule has 6 heteroatoms. The Morgan fingerprint density at radius 2 is 1.47 bits per heavy atom. The van der Waals surface area contributed by atoms with Crippen LogP contribution >= 0.6 is 0 Å². The predicted octanol–water partition coefficient (Wildman–Crippen LogP) is 5.11. The number of carbonyl (C=O) groups is 2. The molecule has 0 saturated carbocycles. The molecule has 1 unspecified atom stereocenters. The third-order valence-electron chi connectivity index (χ3n) is 6.33. The summed E-state index contributed by atoms with van der Waals surface area (Å²) in [6, 6.07) is 14.6. The number of unbranched alkanes of at least 4 members (excludes halogenated alkanes) is 2. The average Bonchev–Trinajstić information content (AvgIpc) is 3.11. The molecule has 1 saturated heterocycles. The number of likely N-dealkylation sites (tertiary alicyclic amines) is 1. The molecule has 6 nitrogen and oxygen atoms in total. The molecule has 3 rings (SSSR count). The van der Waals surface area contributed by atoms with Gasteiger partial charge in [0.15, 0.2) is 0 Å². The van der Waals surface area contributed by atoms with Gasteiger partial charge in [-0.3, -0.25) is 9.59 Å². The SMILES string of the molecule is CCCCN(CCCC)CCCN1C(=O)C(=O)C(=C(O)c2ccccc2)C1c1ccc(O)cc1. The second-order valence-electron chi connectivity index (χ2n) is 8.85. The number of rotatable bonds is 12. The fourth-order valence-corrected chi connectivity index (χ4v) is 4.43. The van der Waals surface area contributed by atoms with E-state index in [2.05, 4.69) is 18.7 Å². The third-order valence-corrected chi connectivity index (χ3v) is 6.33. The average molecular weight is 465 g/mol. The molecule has 1 aliphatic rings. The molecule has 1 amide bonds. The number of benzene rings is 2. The van der Waals surface area contributed by atoms with Crippen LogP contribution in [-0.4, -0.2) is 57.9 Å². The number of nitrogens with zero attached hydrogens (tertiary/aromatic N) is 2. The lowest BCUT2D eigenvalue weighted by Gasteiger charge is -2.27. The fraction of sp³-hybridized carbons (Fsp3) is 0.429. The zero-order chi connectivity index (χ0) is 24.5. The summed E-state index contributed by atoms with van der Waals surface area (Å²) in [5.41, 5.74) is 1.27. The Bertz CT molecular complexity index is 977. The number of ketones is 1. The quantitative estimate of drug-likeness (QED) is 0.259. The molecule has 1 atom stereocenters. The van der Waals surface area contributed by atoms with Crippen molar-refractivity contribution in [3.05, 3.63) is 71.3 Å². The number of hydrogen-bond donors (Lipinski definition) is 2. The maximum absolute atomic E-state index is 13.1. The summed E-state index contributed by atoms with van der Waals surface area (Å²) in [7, 11) is 0. The molecule has 1 aliphatic heterocycles. The summed E-state index contributed by atoms with van der Waals surface area (Å²) in [5, 5.41) is 20.8. The molecule has 2 aromatic rings. The minimum Gasteiger partial charge on any atom is -0.508 e. The maximum Gasteiger partial charge on any atom is 0.295 e. The van der Waals surface area contributed by atoms with Crippen LogP contribution in [-0.2, 0) is 9.59 Å². The highest BCUT2D eigenvalue weighted by molar-refractivity contribution is 6.46. The number of hydrogen-bond acceptors (Lipinski definition) is 5. The van der Waals surface area contributed by atoms with E-state index in [-0.39, 0.29) is 17.1 Å². The second kappa shape index (κ2) is 12.4. The lowest BCUT2D eigenvalue weighted by atomic mass is 9.95. The molecular formula is C28H36N2O4.